The fourth-order valence-corrected chi connectivity index (χ4v) is 5.44. The third-order valence-electron chi connectivity index (χ3n) is 2.58. The number of aryl methyl sites for hydroxylation is 1. The Labute approximate surface area is 116 Å². The van der Waals surface area contributed by atoms with Crippen LogP contribution in [0.3, 0.4) is 0 Å². The number of hydrogen-bond acceptors (Lipinski definition) is 3. The molecule has 6 heteroatoms. The summed E-state index contributed by atoms with van der Waals surface area (Å²) in [5, 5.41) is 0. The minimum Gasteiger partial charge on any atom is -0.208 e. The SMILES string of the molecule is CCCC(CC)NS(=O)(=O)c1cc(Br)sc1C. The van der Waals surface area contributed by atoms with Crippen LogP contribution in [0.1, 0.15) is 38.0 Å². The molecule has 1 N–H and O–H groups in total. The molecule has 1 aromatic heterocycles. The van der Waals surface area contributed by atoms with Crippen LogP contribution in [0.2, 0.25) is 0 Å². The van der Waals surface area contributed by atoms with E-state index in [2.05, 4.69) is 27.6 Å². The summed E-state index contributed by atoms with van der Waals surface area (Å²) >= 11 is 4.76. The molecule has 0 saturated heterocycles. The zero-order chi connectivity index (χ0) is 13.1. The highest BCUT2D eigenvalue weighted by molar-refractivity contribution is 9.11. The first-order valence-corrected chi connectivity index (χ1v) is 8.78. The first-order chi connectivity index (χ1) is 7.90. The van der Waals surface area contributed by atoms with E-state index in [1.165, 1.54) is 11.3 Å². The average molecular weight is 340 g/mol. The molecule has 17 heavy (non-hydrogen) atoms. The first-order valence-electron chi connectivity index (χ1n) is 5.69. The molecule has 0 fully saturated rings. The second-order valence-electron chi connectivity index (χ2n) is 3.99. The topological polar surface area (TPSA) is 46.2 Å². The number of sulfonamides is 1. The van der Waals surface area contributed by atoms with E-state index in [1.54, 1.807) is 6.07 Å². The van der Waals surface area contributed by atoms with E-state index >= 15 is 0 Å². The number of nitrogens with one attached hydrogen (secondary N) is 1. The van der Waals surface area contributed by atoms with E-state index in [-0.39, 0.29) is 6.04 Å². The van der Waals surface area contributed by atoms with E-state index in [1.807, 2.05) is 13.8 Å². The van der Waals surface area contributed by atoms with E-state index in [0.29, 0.717) is 4.90 Å². The Hall–Kier alpha value is 0.0900. The van der Waals surface area contributed by atoms with Crippen LogP contribution < -0.4 is 4.72 Å². The Kier molecular flexibility index (Phi) is 5.63. The Bertz CT molecular complexity index is 468. The quantitative estimate of drug-likeness (QED) is 0.859. The van der Waals surface area contributed by atoms with Crippen LogP contribution in [0.25, 0.3) is 0 Å². The molecule has 1 heterocycles. The lowest BCUT2D eigenvalue weighted by Gasteiger charge is -2.15. The van der Waals surface area contributed by atoms with Gasteiger partial charge in [-0.2, -0.15) is 0 Å². The first kappa shape index (κ1) is 15.1. The molecule has 1 rings (SSSR count). The maximum atomic E-state index is 12.2. The zero-order valence-corrected chi connectivity index (χ0v) is 13.5. The summed E-state index contributed by atoms with van der Waals surface area (Å²) in [4.78, 5) is 1.21. The fraction of sp³-hybridized carbons (Fsp3) is 0.636. The second-order valence-corrected chi connectivity index (χ2v) is 8.30. The maximum absolute atomic E-state index is 12.2. The van der Waals surface area contributed by atoms with Gasteiger partial charge in [0.25, 0.3) is 0 Å². The predicted octanol–water partition coefficient (Wildman–Crippen LogP) is 3.68. The summed E-state index contributed by atoms with van der Waals surface area (Å²) in [7, 11) is -3.37. The highest BCUT2D eigenvalue weighted by Gasteiger charge is 2.22. The molecular weight excluding hydrogens is 322 g/mol. The maximum Gasteiger partial charge on any atom is 0.241 e. The van der Waals surface area contributed by atoms with Gasteiger partial charge >= 0.3 is 0 Å². The van der Waals surface area contributed by atoms with Crippen molar-refractivity contribution in [3.8, 4) is 0 Å². The van der Waals surface area contributed by atoms with Gasteiger partial charge in [-0.3, -0.25) is 0 Å². The molecule has 1 aromatic rings. The number of thiophene rings is 1. The van der Waals surface area contributed by atoms with Crippen LogP contribution in [-0.2, 0) is 10.0 Å². The van der Waals surface area contributed by atoms with Crippen LogP contribution in [-0.4, -0.2) is 14.5 Å². The second kappa shape index (κ2) is 6.31. The van der Waals surface area contributed by atoms with Gasteiger partial charge in [-0.05, 0) is 41.8 Å². The van der Waals surface area contributed by atoms with E-state index in [0.717, 1.165) is 27.9 Å². The monoisotopic (exact) mass is 339 g/mol. The minimum atomic E-state index is -3.37. The van der Waals surface area contributed by atoms with Crippen LogP contribution >= 0.6 is 27.3 Å². The van der Waals surface area contributed by atoms with Crippen molar-refractivity contribution in [1.82, 2.24) is 4.72 Å². The average Bonchev–Trinajstić information content (AvgIpc) is 2.57. The van der Waals surface area contributed by atoms with Crippen molar-refractivity contribution in [3.63, 3.8) is 0 Å². The Morgan fingerprint density at radius 1 is 1.47 bits per heavy atom. The Morgan fingerprint density at radius 2 is 2.12 bits per heavy atom. The van der Waals surface area contributed by atoms with Crippen molar-refractivity contribution < 1.29 is 8.42 Å². The van der Waals surface area contributed by atoms with E-state index < -0.39 is 10.0 Å². The molecule has 0 saturated carbocycles. The van der Waals surface area contributed by atoms with Crippen molar-refractivity contribution in [3.05, 3.63) is 14.7 Å². The van der Waals surface area contributed by atoms with Crippen molar-refractivity contribution in [1.29, 1.82) is 0 Å². The fourth-order valence-electron chi connectivity index (χ4n) is 1.68. The summed E-state index contributed by atoms with van der Waals surface area (Å²) in [5.74, 6) is 0. The molecule has 0 bridgehead atoms. The predicted molar refractivity (Wildman–Crippen MR) is 76.1 cm³/mol. The van der Waals surface area contributed by atoms with Gasteiger partial charge in [-0.25, -0.2) is 13.1 Å². The molecule has 0 aliphatic carbocycles. The van der Waals surface area contributed by atoms with E-state index in [4.69, 9.17) is 0 Å². The van der Waals surface area contributed by atoms with Gasteiger partial charge in [0.05, 0.1) is 8.68 Å². The Morgan fingerprint density at radius 3 is 2.53 bits per heavy atom. The summed E-state index contributed by atoms with van der Waals surface area (Å²) in [6, 6.07) is 1.70. The molecule has 0 aromatic carbocycles. The third kappa shape index (κ3) is 4.05. The highest BCUT2D eigenvalue weighted by atomic mass is 79.9. The summed E-state index contributed by atoms with van der Waals surface area (Å²) in [6.45, 7) is 5.88. The van der Waals surface area contributed by atoms with Gasteiger partial charge in [-0.15, -0.1) is 11.3 Å². The molecule has 0 aliphatic heterocycles. The normalized spacial score (nSPS) is 13.9. The number of halogens is 1. The number of hydrogen-bond donors (Lipinski definition) is 1. The molecule has 1 unspecified atom stereocenters. The smallest absolute Gasteiger partial charge is 0.208 e. The van der Waals surface area contributed by atoms with Gasteiger partial charge in [0.2, 0.25) is 10.0 Å². The van der Waals surface area contributed by atoms with Gasteiger partial charge in [0.1, 0.15) is 0 Å². The van der Waals surface area contributed by atoms with E-state index in [9.17, 15) is 8.42 Å². The lowest BCUT2D eigenvalue weighted by Crippen LogP contribution is -2.34. The van der Waals surface area contributed by atoms with Gasteiger partial charge in [-0.1, -0.05) is 20.3 Å². The number of rotatable bonds is 6. The lowest BCUT2D eigenvalue weighted by molar-refractivity contribution is 0.512. The molecule has 98 valence electrons. The van der Waals surface area contributed by atoms with Crippen molar-refractivity contribution in [2.75, 3.05) is 0 Å². The molecule has 0 amide bonds. The standard InChI is InChI=1S/C11H18BrNO2S2/c1-4-6-9(5-2)13-17(14,15)10-7-11(12)16-8(10)3/h7,9,13H,4-6H2,1-3H3. The Balaban J connectivity index is 2.92. The molecular formula is C11H18BrNO2S2. The summed E-state index contributed by atoms with van der Waals surface area (Å²) in [6.07, 6.45) is 2.67. The van der Waals surface area contributed by atoms with Crippen molar-refractivity contribution >= 4 is 37.3 Å². The van der Waals surface area contributed by atoms with Crippen LogP contribution in [0.4, 0.5) is 0 Å². The minimum absolute atomic E-state index is 0.0306. The van der Waals surface area contributed by atoms with Crippen molar-refractivity contribution in [2.45, 2.75) is 51.0 Å². The molecule has 0 radical (unpaired) electrons. The third-order valence-corrected chi connectivity index (χ3v) is 5.91. The molecule has 0 spiro atoms. The zero-order valence-electron chi connectivity index (χ0n) is 10.3. The van der Waals surface area contributed by atoms with Gasteiger partial charge < -0.3 is 0 Å². The van der Waals surface area contributed by atoms with Gasteiger partial charge in [0.15, 0.2) is 0 Å². The lowest BCUT2D eigenvalue weighted by atomic mass is 10.1. The van der Waals surface area contributed by atoms with Crippen LogP contribution in [0.15, 0.2) is 14.7 Å². The largest absolute Gasteiger partial charge is 0.241 e. The molecule has 1 atom stereocenters. The van der Waals surface area contributed by atoms with Crippen LogP contribution in [0.5, 0.6) is 0 Å². The van der Waals surface area contributed by atoms with Crippen LogP contribution in [0, 0.1) is 6.92 Å². The van der Waals surface area contributed by atoms with Gasteiger partial charge in [0, 0.05) is 10.9 Å². The summed E-state index contributed by atoms with van der Waals surface area (Å²) in [5.41, 5.74) is 0. The van der Waals surface area contributed by atoms with Crippen molar-refractivity contribution in [2.24, 2.45) is 0 Å². The molecule has 0 aliphatic rings. The summed E-state index contributed by atoms with van der Waals surface area (Å²) < 4.78 is 28.0. The highest BCUT2D eigenvalue weighted by Crippen LogP contribution is 2.29. The molecule has 3 nitrogen and oxygen atoms in total.